The van der Waals surface area contributed by atoms with Crippen molar-refractivity contribution in [3.63, 3.8) is 0 Å². The van der Waals surface area contributed by atoms with E-state index in [0.29, 0.717) is 24.2 Å². The number of benzene rings is 1. The second-order valence-corrected chi connectivity index (χ2v) is 4.97. The van der Waals surface area contributed by atoms with Gasteiger partial charge in [0.2, 0.25) is 5.91 Å². The number of fused-ring (bicyclic) bond motifs is 1. The summed E-state index contributed by atoms with van der Waals surface area (Å²) in [7, 11) is 1.70. The van der Waals surface area contributed by atoms with Crippen molar-refractivity contribution in [2.45, 2.75) is 12.8 Å². The molecule has 0 unspecified atom stereocenters. The number of aryl methyl sites for hydroxylation is 1. The highest BCUT2D eigenvalue weighted by molar-refractivity contribution is 6.06. The van der Waals surface area contributed by atoms with Gasteiger partial charge < -0.3 is 5.32 Å². The normalized spacial score (nSPS) is 13.3. The van der Waals surface area contributed by atoms with Gasteiger partial charge in [-0.3, -0.25) is 14.5 Å². The Bertz CT molecular complexity index is 698. The lowest BCUT2D eigenvalue weighted by molar-refractivity contribution is -0.116. The van der Waals surface area contributed by atoms with Gasteiger partial charge in [0.05, 0.1) is 0 Å². The van der Waals surface area contributed by atoms with Crippen molar-refractivity contribution < 1.29 is 9.59 Å². The number of anilines is 2. The zero-order valence-electron chi connectivity index (χ0n) is 11.7. The van der Waals surface area contributed by atoms with E-state index in [1.807, 2.05) is 18.2 Å². The maximum atomic E-state index is 12.5. The number of hydrogen-bond donors (Lipinski definition) is 1. The third-order valence-corrected chi connectivity index (χ3v) is 3.55. The van der Waals surface area contributed by atoms with Crippen LogP contribution >= 0.6 is 0 Å². The molecule has 0 aliphatic carbocycles. The fourth-order valence-electron chi connectivity index (χ4n) is 2.37. The Morgan fingerprint density at radius 2 is 2.10 bits per heavy atom. The van der Waals surface area contributed by atoms with Gasteiger partial charge in [0.1, 0.15) is 5.82 Å². The summed E-state index contributed by atoms with van der Waals surface area (Å²) in [6, 6.07) is 10.8. The molecule has 1 aliphatic heterocycles. The van der Waals surface area contributed by atoms with Crippen molar-refractivity contribution in [2.75, 3.05) is 17.3 Å². The van der Waals surface area contributed by atoms with Crippen LogP contribution in [0.5, 0.6) is 0 Å². The van der Waals surface area contributed by atoms with E-state index in [1.165, 1.54) is 4.90 Å². The van der Waals surface area contributed by atoms with E-state index in [0.717, 1.165) is 11.3 Å². The fourth-order valence-corrected chi connectivity index (χ4v) is 2.37. The monoisotopic (exact) mass is 281 g/mol. The van der Waals surface area contributed by atoms with E-state index in [2.05, 4.69) is 10.3 Å². The van der Waals surface area contributed by atoms with Gasteiger partial charge in [0.15, 0.2) is 0 Å². The zero-order chi connectivity index (χ0) is 14.8. The van der Waals surface area contributed by atoms with Gasteiger partial charge in [-0.15, -0.1) is 0 Å². The lowest BCUT2D eigenvalue weighted by Crippen LogP contribution is -2.27. The molecule has 1 N–H and O–H groups in total. The highest BCUT2D eigenvalue weighted by Gasteiger charge is 2.19. The lowest BCUT2D eigenvalue weighted by Gasteiger charge is -2.20. The van der Waals surface area contributed by atoms with Crippen LogP contribution in [0, 0.1) is 0 Å². The molecule has 5 heteroatoms. The standard InChI is InChI=1S/C16H15N3O2/c1-19(14-4-2-3-9-17-14)16(21)12-5-7-13-11(10-12)6-8-15(20)18-13/h2-5,7,9-10H,6,8H2,1H3,(H,18,20). The molecule has 0 atom stereocenters. The van der Waals surface area contributed by atoms with Gasteiger partial charge in [0, 0.05) is 30.9 Å². The molecular formula is C16H15N3O2. The number of hydrogen-bond acceptors (Lipinski definition) is 3. The van der Waals surface area contributed by atoms with Gasteiger partial charge in [-0.25, -0.2) is 4.98 Å². The van der Waals surface area contributed by atoms with Crippen LogP contribution in [0.15, 0.2) is 42.6 Å². The Hall–Kier alpha value is -2.69. The molecule has 1 aromatic carbocycles. The summed E-state index contributed by atoms with van der Waals surface area (Å²) in [5, 5.41) is 2.81. The molecule has 0 radical (unpaired) electrons. The van der Waals surface area contributed by atoms with Crippen molar-refractivity contribution in [1.82, 2.24) is 4.98 Å². The first-order valence-electron chi connectivity index (χ1n) is 6.77. The van der Waals surface area contributed by atoms with Gasteiger partial charge in [-0.2, -0.15) is 0 Å². The van der Waals surface area contributed by atoms with Crippen LogP contribution < -0.4 is 10.2 Å². The van der Waals surface area contributed by atoms with Gasteiger partial charge in [0.25, 0.3) is 5.91 Å². The molecule has 2 aromatic rings. The van der Waals surface area contributed by atoms with Crippen molar-refractivity contribution in [1.29, 1.82) is 0 Å². The van der Waals surface area contributed by atoms with Crippen molar-refractivity contribution in [3.8, 4) is 0 Å². The average Bonchev–Trinajstić information content (AvgIpc) is 2.53. The molecule has 21 heavy (non-hydrogen) atoms. The quantitative estimate of drug-likeness (QED) is 0.918. The highest BCUT2D eigenvalue weighted by Crippen LogP contribution is 2.24. The molecular weight excluding hydrogens is 266 g/mol. The smallest absolute Gasteiger partial charge is 0.259 e. The van der Waals surface area contributed by atoms with E-state index in [-0.39, 0.29) is 11.8 Å². The van der Waals surface area contributed by atoms with E-state index in [9.17, 15) is 9.59 Å². The molecule has 0 spiro atoms. The molecule has 0 fully saturated rings. The minimum atomic E-state index is -0.117. The molecule has 5 nitrogen and oxygen atoms in total. The summed E-state index contributed by atoms with van der Waals surface area (Å²) in [4.78, 5) is 29.5. The first-order chi connectivity index (χ1) is 10.1. The number of nitrogens with zero attached hydrogens (tertiary/aromatic N) is 2. The number of aromatic nitrogens is 1. The van der Waals surface area contributed by atoms with Crippen LogP contribution in [-0.2, 0) is 11.2 Å². The number of pyridine rings is 1. The number of nitrogens with one attached hydrogen (secondary N) is 1. The molecule has 106 valence electrons. The molecule has 2 heterocycles. The van der Waals surface area contributed by atoms with Crippen molar-refractivity contribution >= 4 is 23.3 Å². The predicted molar refractivity (Wildman–Crippen MR) is 80.4 cm³/mol. The average molecular weight is 281 g/mol. The number of rotatable bonds is 2. The molecule has 2 amide bonds. The number of amides is 2. The summed E-state index contributed by atoms with van der Waals surface area (Å²) in [5.41, 5.74) is 2.39. The largest absolute Gasteiger partial charge is 0.326 e. The molecule has 1 aliphatic rings. The van der Waals surface area contributed by atoms with E-state index < -0.39 is 0 Å². The summed E-state index contributed by atoms with van der Waals surface area (Å²) in [5.74, 6) is 0.508. The second-order valence-electron chi connectivity index (χ2n) is 4.97. The SMILES string of the molecule is CN(C(=O)c1ccc2c(c1)CCC(=O)N2)c1ccccn1. The minimum absolute atomic E-state index is 0.0205. The van der Waals surface area contributed by atoms with Gasteiger partial charge >= 0.3 is 0 Å². The second kappa shape index (κ2) is 5.36. The maximum absolute atomic E-state index is 12.5. The fraction of sp³-hybridized carbons (Fsp3) is 0.188. The first kappa shape index (κ1) is 13.3. The van der Waals surface area contributed by atoms with Crippen LogP contribution in [0.2, 0.25) is 0 Å². The predicted octanol–water partition coefficient (Wildman–Crippen LogP) is 2.24. The summed E-state index contributed by atoms with van der Waals surface area (Å²) in [6.45, 7) is 0. The highest BCUT2D eigenvalue weighted by atomic mass is 16.2. The van der Waals surface area contributed by atoms with Crippen LogP contribution in [-0.4, -0.2) is 23.8 Å². The van der Waals surface area contributed by atoms with Crippen LogP contribution in [0.25, 0.3) is 0 Å². The Morgan fingerprint density at radius 1 is 1.24 bits per heavy atom. The van der Waals surface area contributed by atoms with Crippen molar-refractivity contribution in [2.24, 2.45) is 0 Å². The maximum Gasteiger partial charge on any atom is 0.259 e. The van der Waals surface area contributed by atoms with E-state index in [1.54, 1.807) is 31.4 Å². The van der Waals surface area contributed by atoms with E-state index >= 15 is 0 Å². The zero-order valence-corrected chi connectivity index (χ0v) is 11.7. The minimum Gasteiger partial charge on any atom is -0.326 e. The lowest BCUT2D eigenvalue weighted by atomic mass is 10.00. The molecule has 0 saturated heterocycles. The molecule has 0 saturated carbocycles. The summed E-state index contributed by atoms with van der Waals surface area (Å²) in [6.07, 6.45) is 2.78. The summed E-state index contributed by atoms with van der Waals surface area (Å²) >= 11 is 0. The Balaban J connectivity index is 1.87. The summed E-state index contributed by atoms with van der Waals surface area (Å²) < 4.78 is 0. The molecule has 3 rings (SSSR count). The Kier molecular flexibility index (Phi) is 3.39. The first-order valence-corrected chi connectivity index (χ1v) is 6.77. The van der Waals surface area contributed by atoms with E-state index in [4.69, 9.17) is 0 Å². The Morgan fingerprint density at radius 3 is 2.86 bits per heavy atom. The molecule has 1 aromatic heterocycles. The third-order valence-electron chi connectivity index (χ3n) is 3.55. The topological polar surface area (TPSA) is 62.3 Å². The third kappa shape index (κ3) is 2.63. The van der Waals surface area contributed by atoms with Crippen LogP contribution in [0.1, 0.15) is 22.3 Å². The van der Waals surface area contributed by atoms with Crippen LogP contribution in [0.3, 0.4) is 0 Å². The van der Waals surface area contributed by atoms with Gasteiger partial charge in [-0.1, -0.05) is 6.07 Å². The molecule has 0 bridgehead atoms. The van der Waals surface area contributed by atoms with Crippen LogP contribution in [0.4, 0.5) is 11.5 Å². The van der Waals surface area contributed by atoms with Gasteiger partial charge in [-0.05, 0) is 42.3 Å². The van der Waals surface area contributed by atoms with Crippen molar-refractivity contribution in [3.05, 3.63) is 53.7 Å². The Labute approximate surface area is 122 Å². The number of carbonyl (C=O) groups is 2. The number of carbonyl (C=O) groups excluding carboxylic acids is 2.